The quantitative estimate of drug-likeness (QED) is 0.814. The molecule has 1 aromatic heterocycles. The van der Waals surface area contributed by atoms with E-state index in [-0.39, 0.29) is 0 Å². The van der Waals surface area contributed by atoms with Gasteiger partial charge in [0.15, 0.2) is 5.16 Å². The molecule has 2 heterocycles. The van der Waals surface area contributed by atoms with Crippen LogP contribution in [-0.4, -0.2) is 38.7 Å². The molecule has 1 saturated heterocycles. The SMILES string of the molecule is O[C@H](CSc1nnc(N2CCCCC2)n1C1CC1)c1ccccc1. The van der Waals surface area contributed by atoms with Crippen LogP contribution in [0.3, 0.4) is 0 Å². The van der Waals surface area contributed by atoms with Crippen molar-refractivity contribution in [2.75, 3.05) is 23.7 Å². The van der Waals surface area contributed by atoms with Crippen LogP contribution in [0.4, 0.5) is 5.95 Å². The molecular weight excluding hydrogens is 320 g/mol. The first-order valence-corrected chi connectivity index (χ1v) is 9.87. The number of piperidine rings is 1. The molecule has 128 valence electrons. The van der Waals surface area contributed by atoms with E-state index < -0.39 is 6.10 Å². The largest absolute Gasteiger partial charge is 0.388 e. The Bertz CT molecular complexity index is 665. The lowest BCUT2D eigenvalue weighted by atomic mass is 10.1. The fourth-order valence-electron chi connectivity index (χ4n) is 3.25. The van der Waals surface area contributed by atoms with Crippen LogP contribution in [0, 0.1) is 0 Å². The molecule has 1 atom stereocenters. The fraction of sp³-hybridized carbons (Fsp3) is 0.556. The van der Waals surface area contributed by atoms with Crippen LogP contribution in [0.1, 0.15) is 49.8 Å². The van der Waals surface area contributed by atoms with E-state index in [2.05, 4.69) is 19.7 Å². The zero-order chi connectivity index (χ0) is 16.4. The number of thioether (sulfide) groups is 1. The maximum Gasteiger partial charge on any atom is 0.228 e. The van der Waals surface area contributed by atoms with Gasteiger partial charge in [0.05, 0.1) is 6.10 Å². The first-order chi connectivity index (χ1) is 11.8. The Hall–Kier alpha value is -1.53. The van der Waals surface area contributed by atoms with E-state index in [1.54, 1.807) is 11.8 Å². The number of hydrogen-bond acceptors (Lipinski definition) is 5. The smallest absolute Gasteiger partial charge is 0.228 e. The van der Waals surface area contributed by atoms with Gasteiger partial charge in [-0.3, -0.25) is 4.57 Å². The van der Waals surface area contributed by atoms with Crippen molar-refractivity contribution in [1.82, 2.24) is 14.8 Å². The average molecular weight is 344 g/mol. The first kappa shape index (κ1) is 16.0. The van der Waals surface area contributed by atoms with Gasteiger partial charge in [-0.15, -0.1) is 10.2 Å². The number of rotatable bonds is 6. The van der Waals surface area contributed by atoms with Crippen LogP contribution in [0.5, 0.6) is 0 Å². The van der Waals surface area contributed by atoms with Gasteiger partial charge in [-0.25, -0.2) is 0 Å². The first-order valence-electron chi connectivity index (χ1n) is 8.88. The highest BCUT2D eigenvalue weighted by Crippen LogP contribution is 2.41. The van der Waals surface area contributed by atoms with Crippen molar-refractivity contribution in [1.29, 1.82) is 0 Å². The zero-order valence-corrected chi connectivity index (χ0v) is 14.7. The highest BCUT2D eigenvalue weighted by Gasteiger charge is 2.32. The minimum Gasteiger partial charge on any atom is -0.388 e. The van der Waals surface area contributed by atoms with Crippen molar-refractivity contribution in [3.05, 3.63) is 35.9 Å². The van der Waals surface area contributed by atoms with Crippen LogP contribution in [0.2, 0.25) is 0 Å². The Kier molecular flexibility index (Phi) is 4.76. The standard InChI is InChI=1S/C18H24N4OS/c23-16(14-7-3-1-4-8-14)13-24-18-20-19-17(22(18)15-9-10-15)21-11-5-2-6-12-21/h1,3-4,7-8,15-16,23H,2,5-6,9-13H2/t16-/m1/s1. The minimum absolute atomic E-state index is 0.473. The summed E-state index contributed by atoms with van der Waals surface area (Å²) in [6, 6.07) is 10.4. The number of benzene rings is 1. The molecule has 4 rings (SSSR count). The van der Waals surface area contributed by atoms with Gasteiger partial charge in [0.2, 0.25) is 5.95 Å². The number of aliphatic hydroxyl groups is 1. The number of anilines is 1. The maximum absolute atomic E-state index is 10.4. The van der Waals surface area contributed by atoms with Gasteiger partial charge in [0.25, 0.3) is 0 Å². The second kappa shape index (κ2) is 7.15. The van der Waals surface area contributed by atoms with Gasteiger partial charge in [-0.2, -0.15) is 0 Å². The van der Waals surface area contributed by atoms with Crippen LogP contribution in [0.15, 0.2) is 35.5 Å². The monoisotopic (exact) mass is 344 g/mol. The summed E-state index contributed by atoms with van der Waals surface area (Å²) >= 11 is 1.62. The molecule has 1 aliphatic carbocycles. The maximum atomic E-state index is 10.4. The molecule has 5 nitrogen and oxygen atoms in total. The third kappa shape index (κ3) is 3.44. The predicted octanol–water partition coefficient (Wildman–Crippen LogP) is 3.43. The predicted molar refractivity (Wildman–Crippen MR) is 96.5 cm³/mol. The molecule has 6 heteroatoms. The van der Waals surface area contributed by atoms with Crippen molar-refractivity contribution in [2.45, 2.75) is 49.4 Å². The second-order valence-electron chi connectivity index (χ2n) is 6.67. The van der Waals surface area contributed by atoms with Gasteiger partial charge in [0, 0.05) is 24.9 Å². The van der Waals surface area contributed by atoms with Crippen LogP contribution < -0.4 is 4.90 Å². The molecule has 1 aliphatic heterocycles. The zero-order valence-electron chi connectivity index (χ0n) is 13.8. The van der Waals surface area contributed by atoms with E-state index in [1.807, 2.05) is 30.3 Å². The van der Waals surface area contributed by atoms with Crippen molar-refractivity contribution in [2.24, 2.45) is 0 Å². The number of aliphatic hydroxyl groups excluding tert-OH is 1. The molecule has 1 N–H and O–H groups in total. The van der Waals surface area contributed by atoms with E-state index in [1.165, 1.54) is 32.1 Å². The summed E-state index contributed by atoms with van der Waals surface area (Å²) in [5.41, 5.74) is 0.957. The van der Waals surface area contributed by atoms with E-state index in [4.69, 9.17) is 0 Å². The summed E-state index contributed by atoms with van der Waals surface area (Å²) in [7, 11) is 0. The molecule has 0 spiro atoms. The Morgan fingerprint density at radius 1 is 1.08 bits per heavy atom. The number of nitrogens with zero attached hydrogens (tertiary/aromatic N) is 4. The third-order valence-electron chi connectivity index (χ3n) is 4.75. The molecular formula is C18H24N4OS. The molecule has 0 radical (unpaired) electrons. The minimum atomic E-state index is -0.473. The van der Waals surface area contributed by atoms with E-state index >= 15 is 0 Å². The van der Waals surface area contributed by atoms with E-state index in [9.17, 15) is 5.11 Å². The Labute approximate surface area is 147 Å². The summed E-state index contributed by atoms with van der Waals surface area (Å²) < 4.78 is 2.31. The van der Waals surface area contributed by atoms with Crippen molar-refractivity contribution in [3.8, 4) is 0 Å². The Balaban J connectivity index is 1.48. The fourth-order valence-corrected chi connectivity index (χ4v) is 4.22. The van der Waals surface area contributed by atoms with Crippen LogP contribution in [0.25, 0.3) is 0 Å². The van der Waals surface area contributed by atoms with Crippen LogP contribution in [-0.2, 0) is 0 Å². The highest BCUT2D eigenvalue weighted by atomic mass is 32.2. The summed E-state index contributed by atoms with van der Waals surface area (Å²) in [5, 5.41) is 20.3. The lowest BCUT2D eigenvalue weighted by Gasteiger charge is -2.27. The van der Waals surface area contributed by atoms with Gasteiger partial charge in [0.1, 0.15) is 0 Å². The normalized spacial score (nSPS) is 19.5. The molecule has 0 amide bonds. The summed E-state index contributed by atoms with van der Waals surface area (Å²) in [5.74, 6) is 1.64. The van der Waals surface area contributed by atoms with Crippen LogP contribution >= 0.6 is 11.8 Å². The van der Waals surface area contributed by atoms with Gasteiger partial charge in [-0.1, -0.05) is 42.1 Å². The summed E-state index contributed by atoms with van der Waals surface area (Å²) in [4.78, 5) is 2.38. The van der Waals surface area contributed by atoms with Crippen molar-refractivity contribution < 1.29 is 5.11 Å². The van der Waals surface area contributed by atoms with E-state index in [0.717, 1.165) is 29.8 Å². The number of aromatic nitrogens is 3. The topological polar surface area (TPSA) is 54.2 Å². The highest BCUT2D eigenvalue weighted by molar-refractivity contribution is 7.99. The van der Waals surface area contributed by atoms with Gasteiger partial charge >= 0.3 is 0 Å². The van der Waals surface area contributed by atoms with Crippen molar-refractivity contribution >= 4 is 17.7 Å². The molecule has 1 saturated carbocycles. The lowest BCUT2D eigenvalue weighted by molar-refractivity contribution is 0.204. The average Bonchev–Trinajstić information content (AvgIpc) is 3.40. The van der Waals surface area contributed by atoms with Gasteiger partial charge < -0.3 is 10.0 Å². The third-order valence-corrected chi connectivity index (χ3v) is 5.77. The number of hydrogen-bond donors (Lipinski definition) is 1. The molecule has 0 unspecified atom stereocenters. The molecule has 24 heavy (non-hydrogen) atoms. The summed E-state index contributed by atoms with van der Waals surface area (Å²) in [6.45, 7) is 2.17. The molecule has 0 bridgehead atoms. The van der Waals surface area contributed by atoms with Gasteiger partial charge in [-0.05, 0) is 37.7 Å². The summed E-state index contributed by atoms with van der Waals surface area (Å²) in [6.07, 6.45) is 5.76. The molecule has 2 aromatic rings. The van der Waals surface area contributed by atoms with E-state index in [0.29, 0.717) is 11.8 Å². The Morgan fingerprint density at radius 3 is 2.54 bits per heavy atom. The Morgan fingerprint density at radius 2 is 1.83 bits per heavy atom. The lowest BCUT2D eigenvalue weighted by Crippen LogP contribution is -2.31. The van der Waals surface area contributed by atoms with Crippen molar-refractivity contribution in [3.63, 3.8) is 0 Å². The second-order valence-corrected chi connectivity index (χ2v) is 7.66. The molecule has 2 aliphatic rings. The molecule has 1 aromatic carbocycles. The molecule has 2 fully saturated rings.